The van der Waals surface area contributed by atoms with Crippen molar-refractivity contribution in [1.29, 1.82) is 0 Å². The number of carbonyl (C=O) groups is 2. The summed E-state index contributed by atoms with van der Waals surface area (Å²) in [6.45, 7) is 6.33. The van der Waals surface area contributed by atoms with E-state index in [9.17, 15) is 14.7 Å². The predicted molar refractivity (Wildman–Crippen MR) is 134 cm³/mol. The normalized spacial score (nSPS) is 16.4. The number of thiazole rings is 1. The number of ketones is 1. The van der Waals surface area contributed by atoms with Gasteiger partial charge < -0.3 is 14.3 Å². The molecule has 8 heteroatoms. The van der Waals surface area contributed by atoms with Crippen molar-refractivity contribution in [3.8, 4) is 5.75 Å². The number of amides is 1. The molecule has 4 aromatic rings. The Morgan fingerprint density at radius 2 is 1.89 bits per heavy atom. The summed E-state index contributed by atoms with van der Waals surface area (Å²) in [5.74, 6) is -1.11. The van der Waals surface area contributed by atoms with Gasteiger partial charge in [0, 0.05) is 0 Å². The highest BCUT2D eigenvalue weighted by Crippen LogP contribution is 2.44. The summed E-state index contributed by atoms with van der Waals surface area (Å²) in [5, 5.41) is 11.3. The number of carbonyl (C=O) groups excluding carboxylic acids is 2. The largest absolute Gasteiger partial charge is 0.503 e. The zero-order valence-corrected chi connectivity index (χ0v) is 20.6. The molecule has 0 bridgehead atoms. The van der Waals surface area contributed by atoms with Gasteiger partial charge in [-0.05, 0) is 46.9 Å². The maximum Gasteiger partial charge on any atom is 0.296 e. The second-order valence-corrected chi connectivity index (χ2v) is 10.4. The Balaban J connectivity index is 1.66. The Labute approximate surface area is 206 Å². The zero-order chi connectivity index (χ0) is 24.9. The summed E-state index contributed by atoms with van der Waals surface area (Å²) in [6, 6.07) is 15.4. The number of nitrogens with zero attached hydrogens (tertiary/aromatic N) is 2. The number of aliphatic hydroxyl groups is 1. The molecule has 0 spiro atoms. The maximum absolute atomic E-state index is 13.4. The van der Waals surface area contributed by atoms with Gasteiger partial charge in [0.05, 0.1) is 35.2 Å². The van der Waals surface area contributed by atoms with Crippen molar-refractivity contribution >= 4 is 38.4 Å². The molecule has 178 valence electrons. The second kappa shape index (κ2) is 8.39. The highest BCUT2D eigenvalue weighted by molar-refractivity contribution is 7.22. The molecule has 0 radical (unpaired) electrons. The standard InChI is InChI=1S/C27H24N2O5S/c1-27(2,3)16-9-7-15(8-10-16)22-21(23(30)19-6-5-13-34-19)24(31)25(32)29(22)26-28-18-12-11-17(33-4)14-20(18)35-26/h5-14,22,31H,1-4H3. The quantitative estimate of drug-likeness (QED) is 0.348. The van der Waals surface area contributed by atoms with Crippen LogP contribution in [0.15, 0.2) is 76.6 Å². The lowest BCUT2D eigenvalue weighted by Crippen LogP contribution is -2.31. The first-order valence-corrected chi connectivity index (χ1v) is 11.9. The third kappa shape index (κ3) is 3.89. The number of hydrogen-bond donors (Lipinski definition) is 1. The van der Waals surface area contributed by atoms with Gasteiger partial charge in [-0.15, -0.1) is 0 Å². The minimum absolute atomic E-state index is 0.0368. The first-order chi connectivity index (χ1) is 16.7. The Morgan fingerprint density at radius 1 is 1.14 bits per heavy atom. The number of Topliss-reactive ketones (excluding diaryl/α,β-unsaturated/α-hetero) is 1. The molecule has 2 aromatic heterocycles. The Kier molecular flexibility index (Phi) is 5.48. The molecule has 7 nitrogen and oxygen atoms in total. The summed E-state index contributed by atoms with van der Waals surface area (Å²) in [6.07, 6.45) is 1.38. The van der Waals surface area contributed by atoms with Gasteiger partial charge in [-0.25, -0.2) is 4.98 Å². The van der Waals surface area contributed by atoms with Crippen LogP contribution in [-0.2, 0) is 10.2 Å². The molecule has 35 heavy (non-hydrogen) atoms. The Bertz CT molecular complexity index is 1460. The van der Waals surface area contributed by atoms with Gasteiger partial charge in [-0.2, -0.15) is 0 Å². The van der Waals surface area contributed by atoms with Crippen LogP contribution in [0.4, 0.5) is 5.13 Å². The minimum Gasteiger partial charge on any atom is -0.503 e. The van der Waals surface area contributed by atoms with Gasteiger partial charge in [-0.3, -0.25) is 14.5 Å². The van der Waals surface area contributed by atoms with E-state index >= 15 is 0 Å². The van der Waals surface area contributed by atoms with Crippen molar-refractivity contribution < 1.29 is 23.8 Å². The molecule has 0 saturated carbocycles. The number of aliphatic hydroxyl groups excluding tert-OH is 1. The van der Waals surface area contributed by atoms with E-state index in [-0.39, 0.29) is 16.7 Å². The Hall–Kier alpha value is -3.91. The third-order valence-corrected chi connectivity index (χ3v) is 7.10. The number of aromatic nitrogens is 1. The lowest BCUT2D eigenvalue weighted by molar-refractivity contribution is -0.117. The summed E-state index contributed by atoms with van der Waals surface area (Å²) >= 11 is 1.29. The molecule has 5 rings (SSSR count). The molecule has 0 saturated heterocycles. The number of anilines is 1. The van der Waals surface area contributed by atoms with Gasteiger partial charge in [0.2, 0.25) is 5.78 Å². The molecule has 3 heterocycles. The van der Waals surface area contributed by atoms with Gasteiger partial charge in [-0.1, -0.05) is 56.4 Å². The number of methoxy groups -OCH3 is 1. The van der Waals surface area contributed by atoms with E-state index in [4.69, 9.17) is 9.15 Å². The lowest BCUT2D eigenvalue weighted by atomic mass is 9.85. The van der Waals surface area contributed by atoms with Crippen LogP contribution in [0, 0.1) is 0 Å². The molecule has 1 N–H and O–H groups in total. The van der Waals surface area contributed by atoms with Gasteiger partial charge in [0.25, 0.3) is 5.91 Å². The van der Waals surface area contributed by atoms with Crippen molar-refractivity contribution in [3.63, 3.8) is 0 Å². The first kappa shape index (κ1) is 22.9. The smallest absolute Gasteiger partial charge is 0.296 e. The molecule has 1 aliphatic rings. The molecule has 1 amide bonds. The molecule has 2 aromatic carbocycles. The molecule has 1 unspecified atom stereocenters. The minimum atomic E-state index is -0.864. The van der Waals surface area contributed by atoms with E-state index in [0.29, 0.717) is 22.0 Å². The van der Waals surface area contributed by atoms with Crippen LogP contribution in [0.2, 0.25) is 0 Å². The molecule has 0 fully saturated rings. The SMILES string of the molecule is COc1ccc2nc(N3C(=O)C(O)=C(C(=O)c4ccco4)C3c3ccc(C(C)(C)C)cc3)sc2c1. The highest BCUT2D eigenvalue weighted by Gasteiger charge is 2.46. The average molecular weight is 489 g/mol. The van der Waals surface area contributed by atoms with Crippen LogP contribution in [0.5, 0.6) is 5.75 Å². The molecule has 1 atom stereocenters. The number of hydrogen-bond acceptors (Lipinski definition) is 7. The molecular weight excluding hydrogens is 464 g/mol. The fourth-order valence-electron chi connectivity index (χ4n) is 4.18. The van der Waals surface area contributed by atoms with E-state index in [0.717, 1.165) is 10.3 Å². The molecule has 1 aliphatic heterocycles. The number of benzene rings is 2. The molecular formula is C27H24N2O5S. The van der Waals surface area contributed by atoms with Crippen molar-refractivity contribution in [1.82, 2.24) is 4.98 Å². The lowest BCUT2D eigenvalue weighted by Gasteiger charge is -2.25. The van der Waals surface area contributed by atoms with Crippen LogP contribution < -0.4 is 9.64 Å². The summed E-state index contributed by atoms with van der Waals surface area (Å²) in [4.78, 5) is 32.8. The summed E-state index contributed by atoms with van der Waals surface area (Å²) < 4.78 is 11.4. The molecule has 0 aliphatic carbocycles. The maximum atomic E-state index is 13.4. The predicted octanol–water partition coefficient (Wildman–Crippen LogP) is 5.98. The highest BCUT2D eigenvalue weighted by atomic mass is 32.1. The zero-order valence-electron chi connectivity index (χ0n) is 19.7. The van der Waals surface area contributed by atoms with Gasteiger partial charge in [0.1, 0.15) is 5.75 Å². The Morgan fingerprint density at radius 3 is 2.51 bits per heavy atom. The third-order valence-electron chi connectivity index (χ3n) is 6.08. The topological polar surface area (TPSA) is 92.9 Å². The van der Waals surface area contributed by atoms with Crippen LogP contribution in [-0.4, -0.2) is 28.9 Å². The summed E-state index contributed by atoms with van der Waals surface area (Å²) in [7, 11) is 1.58. The summed E-state index contributed by atoms with van der Waals surface area (Å²) in [5.41, 5.74) is 2.37. The van der Waals surface area contributed by atoms with Crippen LogP contribution in [0.25, 0.3) is 10.2 Å². The average Bonchev–Trinajstić information content (AvgIpc) is 3.56. The van der Waals surface area contributed by atoms with Crippen molar-refractivity contribution in [3.05, 3.63) is 89.1 Å². The van der Waals surface area contributed by atoms with Crippen molar-refractivity contribution in [2.45, 2.75) is 32.2 Å². The first-order valence-electron chi connectivity index (χ1n) is 11.1. The monoisotopic (exact) mass is 488 g/mol. The van der Waals surface area contributed by atoms with Gasteiger partial charge in [0.15, 0.2) is 16.7 Å². The van der Waals surface area contributed by atoms with Crippen molar-refractivity contribution in [2.75, 3.05) is 12.0 Å². The van der Waals surface area contributed by atoms with E-state index in [1.54, 1.807) is 19.2 Å². The number of furan rings is 1. The number of fused-ring (bicyclic) bond motifs is 1. The number of ether oxygens (including phenoxy) is 1. The number of rotatable bonds is 5. The van der Waals surface area contributed by atoms with E-state index in [2.05, 4.69) is 25.8 Å². The van der Waals surface area contributed by atoms with Crippen LogP contribution in [0.1, 0.15) is 48.5 Å². The second-order valence-electron chi connectivity index (χ2n) is 9.35. The van der Waals surface area contributed by atoms with Crippen molar-refractivity contribution in [2.24, 2.45) is 0 Å². The fraction of sp³-hybridized carbons (Fsp3) is 0.222. The van der Waals surface area contributed by atoms with E-state index in [1.807, 2.05) is 36.4 Å². The van der Waals surface area contributed by atoms with Crippen LogP contribution in [0.3, 0.4) is 0 Å². The van der Waals surface area contributed by atoms with E-state index < -0.39 is 23.5 Å². The van der Waals surface area contributed by atoms with Gasteiger partial charge >= 0.3 is 0 Å². The van der Waals surface area contributed by atoms with Crippen LogP contribution >= 0.6 is 11.3 Å². The fourth-order valence-corrected chi connectivity index (χ4v) is 5.20. The van der Waals surface area contributed by atoms with E-state index in [1.165, 1.54) is 28.6 Å².